The number of nitrogens with one attached hydrogen (secondary N) is 1. The summed E-state index contributed by atoms with van der Waals surface area (Å²) < 4.78 is 0.741. The lowest BCUT2D eigenvalue weighted by Gasteiger charge is -2.23. The molecule has 0 saturated heterocycles. The van der Waals surface area contributed by atoms with Crippen LogP contribution in [0.3, 0.4) is 0 Å². The highest BCUT2D eigenvalue weighted by molar-refractivity contribution is 9.10. The molecule has 0 aliphatic heterocycles. The Morgan fingerprint density at radius 1 is 1.56 bits per heavy atom. The van der Waals surface area contributed by atoms with Gasteiger partial charge in [0.25, 0.3) is 0 Å². The Morgan fingerprint density at radius 2 is 2.28 bits per heavy atom. The predicted octanol–water partition coefficient (Wildman–Crippen LogP) is 1.37. The molecule has 0 unspecified atom stereocenters. The van der Waals surface area contributed by atoms with Crippen molar-refractivity contribution < 1.29 is 4.79 Å². The summed E-state index contributed by atoms with van der Waals surface area (Å²) in [6.07, 6.45) is 3.47. The van der Waals surface area contributed by atoms with Crippen molar-refractivity contribution in [2.24, 2.45) is 5.73 Å². The van der Waals surface area contributed by atoms with E-state index in [0.29, 0.717) is 11.6 Å². The van der Waals surface area contributed by atoms with Crippen LogP contribution in [0.15, 0.2) is 10.8 Å². The number of carbonyl (C=O) groups excluding carboxylic acids is 1. The number of carbonyl (C=O) groups is 1. The topological polar surface area (TPSA) is 84.1 Å². The van der Waals surface area contributed by atoms with Gasteiger partial charge < -0.3 is 16.0 Å². The monoisotopic (exact) mass is 315 g/mol. The van der Waals surface area contributed by atoms with Gasteiger partial charge in [0.05, 0.1) is 6.54 Å². The number of rotatable bonds is 7. The SMILES string of the molecule is CCCCN(CC(N)=O)c1ncnc(NC)c1Br. The minimum atomic E-state index is -0.373. The lowest BCUT2D eigenvalue weighted by molar-refractivity contribution is -0.116. The molecule has 3 N–H and O–H groups in total. The van der Waals surface area contributed by atoms with Gasteiger partial charge in [0.15, 0.2) is 0 Å². The van der Waals surface area contributed by atoms with E-state index in [1.807, 2.05) is 4.90 Å². The zero-order valence-corrected chi connectivity index (χ0v) is 12.2. The summed E-state index contributed by atoms with van der Waals surface area (Å²) in [5, 5.41) is 2.96. The van der Waals surface area contributed by atoms with Crippen molar-refractivity contribution in [3.8, 4) is 0 Å². The molecule has 1 aromatic rings. The fourth-order valence-electron chi connectivity index (χ4n) is 1.55. The zero-order chi connectivity index (χ0) is 13.5. The van der Waals surface area contributed by atoms with Crippen LogP contribution in [0.2, 0.25) is 0 Å². The maximum Gasteiger partial charge on any atom is 0.236 e. The first kappa shape index (κ1) is 14.7. The second-order valence-electron chi connectivity index (χ2n) is 3.85. The maximum absolute atomic E-state index is 11.1. The van der Waals surface area contributed by atoms with Gasteiger partial charge in [-0.3, -0.25) is 4.79 Å². The van der Waals surface area contributed by atoms with Gasteiger partial charge in [-0.2, -0.15) is 0 Å². The summed E-state index contributed by atoms with van der Waals surface area (Å²) in [5.41, 5.74) is 5.27. The second kappa shape index (κ2) is 7.15. The number of amides is 1. The Labute approximate surface area is 115 Å². The predicted molar refractivity (Wildman–Crippen MR) is 75.6 cm³/mol. The molecule has 1 aromatic heterocycles. The molecule has 0 saturated carbocycles. The maximum atomic E-state index is 11.1. The highest BCUT2D eigenvalue weighted by Gasteiger charge is 2.16. The van der Waals surface area contributed by atoms with Gasteiger partial charge in [-0.1, -0.05) is 13.3 Å². The van der Waals surface area contributed by atoms with E-state index in [1.54, 1.807) is 7.05 Å². The lowest BCUT2D eigenvalue weighted by atomic mass is 10.3. The second-order valence-corrected chi connectivity index (χ2v) is 4.64. The van der Waals surface area contributed by atoms with Crippen molar-refractivity contribution in [2.75, 3.05) is 30.4 Å². The molecule has 0 spiro atoms. The first-order valence-corrected chi connectivity index (χ1v) is 6.61. The quantitative estimate of drug-likeness (QED) is 0.794. The van der Waals surface area contributed by atoms with Crippen LogP contribution >= 0.6 is 15.9 Å². The third-order valence-corrected chi connectivity index (χ3v) is 3.17. The third kappa shape index (κ3) is 3.83. The van der Waals surface area contributed by atoms with Gasteiger partial charge in [-0.05, 0) is 22.4 Å². The van der Waals surface area contributed by atoms with Gasteiger partial charge in [0, 0.05) is 13.6 Å². The summed E-state index contributed by atoms with van der Waals surface area (Å²) in [6.45, 7) is 2.98. The van der Waals surface area contributed by atoms with Crippen LogP contribution < -0.4 is 16.0 Å². The molecule has 6 nitrogen and oxygen atoms in total. The minimum Gasteiger partial charge on any atom is -0.372 e. The normalized spacial score (nSPS) is 10.2. The molecular weight excluding hydrogens is 298 g/mol. The molecule has 100 valence electrons. The molecule has 1 amide bonds. The first-order chi connectivity index (χ1) is 8.60. The number of unbranched alkanes of at least 4 members (excludes halogenated alkanes) is 1. The average Bonchev–Trinajstić information content (AvgIpc) is 2.34. The minimum absolute atomic E-state index is 0.152. The summed E-state index contributed by atoms with van der Waals surface area (Å²) in [7, 11) is 1.78. The largest absolute Gasteiger partial charge is 0.372 e. The van der Waals surface area contributed by atoms with Crippen molar-refractivity contribution in [3.05, 3.63) is 10.8 Å². The van der Waals surface area contributed by atoms with E-state index in [1.165, 1.54) is 6.33 Å². The Balaban J connectivity index is 2.99. The van der Waals surface area contributed by atoms with E-state index < -0.39 is 0 Å². The Kier molecular flexibility index (Phi) is 5.84. The summed E-state index contributed by atoms with van der Waals surface area (Å²) >= 11 is 3.44. The molecule has 0 radical (unpaired) electrons. The number of halogens is 1. The van der Waals surface area contributed by atoms with E-state index >= 15 is 0 Å². The lowest BCUT2D eigenvalue weighted by Crippen LogP contribution is -2.35. The highest BCUT2D eigenvalue weighted by Crippen LogP contribution is 2.29. The van der Waals surface area contributed by atoms with Crippen molar-refractivity contribution >= 4 is 33.5 Å². The molecule has 0 aliphatic carbocycles. The molecule has 1 heterocycles. The number of anilines is 2. The van der Waals surface area contributed by atoms with Crippen LogP contribution in [0, 0.1) is 0 Å². The van der Waals surface area contributed by atoms with Crippen molar-refractivity contribution in [1.82, 2.24) is 9.97 Å². The molecule has 1 rings (SSSR count). The molecule has 0 aromatic carbocycles. The van der Waals surface area contributed by atoms with Crippen LogP contribution in [0.5, 0.6) is 0 Å². The fourth-order valence-corrected chi connectivity index (χ4v) is 2.21. The van der Waals surface area contributed by atoms with Crippen LogP contribution in [0.4, 0.5) is 11.6 Å². The van der Waals surface area contributed by atoms with Crippen molar-refractivity contribution in [1.29, 1.82) is 0 Å². The molecule has 0 atom stereocenters. The zero-order valence-electron chi connectivity index (χ0n) is 10.6. The fraction of sp³-hybridized carbons (Fsp3) is 0.545. The van der Waals surface area contributed by atoms with Crippen LogP contribution in [0.1, 0.15) is 19.8 Å². The molecule has 7 heteroatoms. The van der Waals surface area contributed by atoms with Crippen LogP contribution in [0.25, 0.3) is 0 Å². The number of aromatic nitrogens is 2. The Hall–Kier alpha value is -1.37. The van der Waals surface area contributed by atoms with E-state index in [0.717, 1.165) is 23.9 Å². The summed E-state index contributed by atoms with van der Waals surface area (Å²) in [5.74, 6) is 0.996. The van der Waals surface area contributed by atoms with E-state index in [9.17, 15) is 4.79 Å². The standard InChI is InChI=1S/C11H18BrN5O/c1-3-4-5-17(6-8(13)18)11-9(12)10(14-2)15-7-16-11/h7H,3-6H2,1-2H3,(H2,13,18)(H,14,15,16). The molecular formula is C11H18BrN5O. The average molecular weight is 316 g/mol. The van der Waals surface area contributed by atoms with Gasteiger partial charge in [-0.15, -0.1) is 0 Å². The number of nitrogens with two attached hydrogens (primary N) is 1. The number of hydrogen-bond donors (Lipinski definition) is 2. The number of nitrogens with zero attached hydrogens (tertiary/aromatic N) is 3. The Morgan fingerprint density at radius 3 is 2.83 bits per heavy atom. The molecule has 18 heavy (non-hydrogen) atoms. The van der Waals surface area contributed by atoms with Gasteiger partial charge in [0.2, 0.25) is 5.91 Å². The van der Waals surface area contributed by atoms with Gasteiger partial charge >= 0.3 is 0 Å². The first-order valence-electron chi connectivity index (χ1n) is 5.81. The van der Waals surface area contributed by atoms with Gasteiger partial charge in [-0.25, -0.2) is 9.97 Å². The highest BCUT2D eigenvalue weighted by atomic mass is 79.9. The Bertz CT molecular complexity index is 412. The molecule has 0 fully saturated rings. The third-order valence-electron chi connectivity index (χ3n) is 2.44. The smallest absolute Gasteiger partial charge is 0.236 e. The molecule has 0 bridgehead atoms. The summed E-state index contributed by atoms with van der Waals surface area (Å²) in [4.78, 5) is 21.3. The number of primary amides is 1. The van der Waals surface area contributed by atoms with E-state index in [-0.39, 0.29) is 12.5 Å². The van der Waals surface area contributed by atoms with Crippen LogP contribution in [-0.2, 0) is 4.79 Å². The molecule has 0 aliphatic rings. The van der Waals surface area contributed by atoms with E-state index in [2.05, 4.69) is 38.1 Å². The van der Waals surface area contributed by atoms with Gasteiger partial charge in [0.1, 0.15) is 22.4 Å². The summed E-state index contributed by atoms with van der Waals surface area (Å²) in [6, 6.07) is 0. The van der Waals surface area contributed by atoms with E-state index in [4.69, 9.17) is 5.73 Å². The number of hydrogen-bond acceptors (Lipinski definition) is 5. The van der Waals surface area contributed by atoms with Crippen molar-refractivity contribution in [2.45, 2.75) is 19.8 Å². The van der Waals surface area contributed by atoms with Crippen LogP contribution in [-0.4, -0.2) is 36.0 Å². The van der Waals surface area contributed by atoms with Crippen molar-refractivity contribution in [3.63, 3.8) is 0 Å².